The van der Waals surface area contributed by atoms with Crippen LogP contribution in [0.25, 0.3) is 0 Å². The molecular weight excluding hydrogens is 395 g/mol. The van der Waals surface area contributed by atoms with Gasteiger partial charge in [0.2, 0.25) is 5.91 Å². The molecule has 0 radical (unpaired) electrons. The highest BCUT2D eigenvalue weighted by atomic mass is 35.5. The lowest BCUT2D eigenvalue weighted by molar-refractivity contribution is -0.126. The van der Waals surface area contributed by atoms with Gasteiger partial charge in [0.05, 0.1) is 10.7 Å². The molecule has 1 aromatic carbocycles. The minimum absolute atomic E-state index is 0.156. The molecule has 1 atom stereocenters. The van der Waals surface area contributed by atoms with E-state index in [1.54, 1.807) is 17.0 Å². The maximum absolute atomic E-state index is 12.9. The summed E-state index contributed by atoms with van der Waals surface area (Å²) in [6, 6.07) is 2.63. The molecule has 0 spiro atoms. The minimum atomic E-state index is -0.748. The van der Waals surface area contributed by atoms with Crippen molar-refractivity contribution in [3.8, 4) is 0 Å². The van der Waals surface area contributed by atoms with Gasteiger partial charge in [0.15, 0.2) is 0 Å². The monoisotopic (exact) mass is 426 g/mol. The number of hydrogen-bond acceptors (Lipinski definition) is 2. The van der Waals surface area contributed by atoms with Crippen LogP contribution in [0.5, 0.6) is 0 Å². The number of carbonyl (C=O) groups excluding carboxylic acids is 2. The van der Waals surface area contributed by atoms with Crippen molar-refractivity contribution in [2.75, 3.05) is 11.4 Å². The Hall–Kier alpha value is -1.26. The zero-order valence-electron chi connectivity index (χ0n) is 17.0. The molecular formula is C22H32Cl2N2O2. The molecule has 2 rings (SSSR count). The molecule has 0 aliphatic carbocycles. The molecule has 0 bridgehead atoms. The van der Waals surface area contributed by atoms with Gasteiger partial charge < -0.3 is 10.2 Å². The number of benzene rings is 1. The lowest BCUT2D eigenvalue weighted by Gasteiger charge is -2.19. The van der Waals surface area contributed by atoms with E-state index in [4.69, 9.17) is 23.2 Å². The highest BCUT2D eigenvalue weighted by molar-refractivity contribution is 6.38. The number of nitrogens with one attached hydrogen (secondary N) is 1. The summed E-state index contributed by atoms with van der Waals surface area (Å²) in [6.07, 6.45) is 12.4. The summed E-state index contributed by atoms with van der Waals surface area (Å²) in [5, 5.41) is 3.66. The van der Waals surface area contributed by atoms with Gasteiger partial charge in [-0.15, -0.1) is 0 Å². The SMILES string of the molecule is CCCCCCCCCCCCN1C(=O)C(NC(C)=O)c2c(Cl)ccc(Cl)c21. The second-order valence-corrected chi connectivity index (χ2v) is 8.41. The fourth-order valence-corrected chi connectivity index (χ4v) is 4.34. The standard InChI is InChI=1S/C22H32Cl2N2O2/c1-3-4-5-6-7-8-9-10-11-12-15-26-21-18(24)14-13-17(23)19(21)20(22(26)28)25-16(2)27/h13-14,20H,3-12,15H2,1-2H3,(H,25,27). The fourth-order valence-electron chi connectivity index (χ4n) is 3.81. The predicted octanol–water partition coefficient (Wildman–Crippen LogP) is 6.44. The molecule has 4 nitrogen and oxygen atoms in total. The third-order valence-electron chi connectivity index (χ3n) is 5.27. The molecule has 1 N–H and O–H groups in total. The van der Waals surface area contributed by atoms with Crippen molar-refractivity contribution in [2.45, 2.75) is 84.1 Å². The summed E-state index contributed by atoms with van der Waals surface area (Å²) >= 11 is 12.7. The molecule has 0 saturated heterocycles. The summed E-state index contributed by atoms with van der Waals surface area (Å²) in [4.78, 5) is 26.1. The fraction of sp³-hybridized carbons (Fsp3) is 0.636. The van der Waals surface area contributed by atoms with E-state index >= 15 is 0 Å². The van der Waals surface area contributed by atoms with Crippen LogP contribution >= 0.6 is 23.2 Å². The van der Waals surface area contributed by atoms with Crippen LogP contribution in [0.2, 0.25) is 10.0 Å². The molecule has 2 amide bonds. The largest absolute Gasteiger partial charge is 0.341 e. The van der Waals surface area contributed by atoms with Crippen molar-refractivity contribution >= 4 is 40.7 Å². The van der Waals surface area contributed by atoms with E-state index in [1.165, 1.54) is 58.3 Å². The summed E-state index contributed by atoms with van der Waals surface area (Å²) in [6.45, 7) is 4.23. The van der Waals surface area contributed by atoms with E-state index in [0.717, 1.165) is 12.8 Å². The number of halogens is 2. The Morgan fingerprint density at radius 1 is 0.964 bits per heavy atom. The van der Waals surface area contributed by atoms with Crippen molar-refractivity contribution in [3.05, 3.63) is 27.7 Å². The zero-order valence-corrected chi connectivity index (χ0v) is 18.5. The van der Waals surface area contributed by atoms with Crippen LogP contribution in [0.3, 0.4) is 0 Å². The van der Waals surface area contributed by atoms with Gasteiger partial charge in [0.1, 0.15) is 6.04 Å². The van der Waals surface area contributed by atoms with Crippen LogP contribution in [0.15, 0.2) is 12.1 Å². The van der Waals surface area contributed by atoms with E-state index in [0.29, 0.717) is 27.8 Å². The van der Waals surface area contributed by atoms with Gasteiger partial charge >= 0.3 is 0 Å². The number of nitrogens with zero attached hydrogens (tertiary/aromatic N) is 1. The lowest BCUT2D eigenvalue weighted by atomic mass is 10.1. The Bertz CT molecular complexity index is 679. The maximum atomic E-state index is 12.9. The first kappa shape index (κ1) is 23.0. The van der Waals surface area contributed by atoms with Crippen molar-refractivity contribution in [1.29, 1.82) is 0 Å². The number of anilines is 1. The topological polar surface area (TPSA) is 49.4 Å². The number of unbranched alkanes of at least 4 members (excludes halogenated alkanes) is 9. The van der Waals surface area contributed by atoms with E-state index in [2.05, 4.69) is 12.2 Å². The molecule has 1 aliphatic heterocycles. The molecule has 1 aliphatic rings. The zero-order chi connectivity index (χ0) is 20.5. The van der Waals surface area contributed by atoms with Crippen LogP contribution in [0.4, 0.5) is 5.69 Å². The molecule has 156 valence electrons. The normalized spacial score (nSPS) is 15.8. The molecule has 0 aromatic heterocycles. The highest BCUT2D eigenvalue weighted by Gasteiger charge is 2.40. The van der Waals surface area contributed by atoms with Gasteiger partial charge in [-0.25, -0.2) is 0 Å². The van der Waals surface area contributed by atoms with Gasteiger partial charge in [0, 0.05) is 24.1 Å². The molecule has 6 heteroatoms. The van der Waals surface area contributed by atoms with Gasteiger partial charge in [-0.2, -0.15) is 0 Å². The van der Waals surface area contributed by atoms with Crippen LogP contribution in [-0.4, -0.2) is 18.4 Å². The number of fused-ring (bicyclic) bond motifs is 1. The highest BCUT2D eigenvalue weighted by Crippen LogP contribution is 2.45. The van der Waals surface area contributed by atoms with Crippen molar-refractivity contribution in [1.82, 2.24) is 5.32 Å². The third-order valence-corrected chi connectivity index (χ3v) is 5.90. The second-order valence-electron chi connectivity index (χ2n) is 7.60. The Labute approximate surface area is 179 Å². The molecule has 0 fully saturated rings. The molecule has 1 aromatic rings. The van der Waals surface area contributed by atoms with E-state index in [-0.39, 0.29) is 11.8 Å². The Balaban J connectivity index is 1.85. The number of carbonyl (C=O) groups is 2. The molecule has 28 heavy (non-hydrogen) atoms. The second kappa shape index (κ2) is 11.7. The van der Waals surface area contributed by atoms with Gasteiger partial charge in [-0.1, -0.05) is 87.9 Å². The van der Waals surface area contributed by atoms with Crippen LogP contribution < -0.4 is 10.2 Å². The number of hydrogen-bond donors (Lipinski definition) is 1. The lowest BCUT2D eigenvalue weighted by Crippen LogP contribution is -2.37. The Morgan fingerprint density at radius 3 is 2.07 bits per heavy atom. The van der Waals surface area contributed by atoms with Gasteiger partial charge in [0.25, 0.3) is 5.91 Å². The molecule has 1 unspecified atom stereocenters. The smallest absolute Gasteiger partial charge is 0.254 e. The van der Waals surface area contributed by atoms with E-state index in [1.807, 2.05) is 0 Å². The van der Waals surface area contributed by atoms with E-state index in [9.17, 15) is 9.59 Å². The van der Waals surface area contributed by atoms with Crippen molar-refractivity contribution in [3.63, 3.8) is 0 Å². The number of amides is 2. The van der Waals surface area contributed by atoms with Crippen molar-refractivity contribution < 1.29 is 9.59 Å². The Kier molecular flexibility index (Phi) is 9.60. The van der Waals surface area contributed by atoms with Crippen molar-refractivity contribution in [2.24, 2.45) is 0 Å². The summed E-state index contributed by atoms with van der Waals surface area (Å²) < 4.78 is 0. The van der Waals surface area contributed by atoms with Crippen LogP contribution in [0, 0.1) is 0 Å². The van der Waals surface area contributed by atoms with Gasteiger partial charge in [-0.05, 0) is 18.6 Å². The summed E-state index contributed by atoms with van der Waals surface area (Å²) in [7, 11) is 0. The van der Waals surface area contributed by atoms with Gasteiger partial charge in [-0.3, -0.25) is 9.59 Å². The summed E-state index contributed by atoms with van der Waals surface area (Å²) in [5.41, 5.74) is 1.26. The summed E-state index contributed by atoms with van der Waals surface area (Å²) in [5.74, 6) is -0.419. The van der Waals surface area contributed by atoms with Crippen LogP contribution in [-0.2, 0) is 9.59 Å². The van der Waals surface area contributed by atoms with Crippen LogP contribution in [0.1, 0.15) is 89.7 Å². The van der Waals surface area contributed by atoms with E-state index < -0.39 is 6.04 Å². The first-order valence-corrected chi connectivity index (χ1v) is 11.3. The quantitative estimate of drug-likeness (QED) is 0.390. The average molecular weight is 427 g/mol. The maximum Gasteiger partial charge on any atom is 0.254 e. The molecule has 1 heterocycles. The Morgan fingerprint density at radius 2 is 1.50 bits per heavy atom. The average Bonchev–Trinajstić information content (AvgIpc) is 2.93. The predicted molar refractivity (Wildman–Crippen MR) is 117 cm³/mol. The first-order valence-electron chi connectivity index (χ1n) is 10.5. The number of rotatable bonds is 12. The molecule has 0 saturated carbocycles. The first-order chi connectivity index (χ1) is 13.5. The minimum Gasteiger partial charge on any atom is -0.341 e. The third kappa shape index (κ3) is 6.12.